The fourth-order valence-electron chi connectivity index (χ4n) is 1.85. The molecule has 1 aromatic rings. The monoisotopic (exact) mass is 255 g/mol. The van der Waals surface area contributed by atoms with Crippen LogP contribution in [0.4, 0.5) is 5.69 Å². The molecule has 2 rings (SSSR count). The van der Waals surface area contributed by atoms with Gasteiger partial charge in [-0.25, -0.2) is 0 Å². The lowest BCUT2D eigenvalue weighted by Gasteiger charge is -2.10. The zero-order chi connectivity index (χ0) is 13.7. The third-order valence-electron chi connectivity index (χ3n) is 2.92. The van der Waals surface area contributed by atoms with E-state index in [1.807, 2.05) is 49.4 Å². The molecule has 0 saturated carbocycles. The summed E-state index contributed by atoms with van der Waals surface area (Å²) in [5, 5.41) is 2.89. The van der Waals surface area contributed by atoms with E-state index in [4.69, 9.17) is 4.74 Å². The lowest BCUT2D eigenvalue weighted by Crippen LogP contribution is -2.16. The van der Waals surface area contributed by atoms with Crippen molar-refractivity contribution < 1.29 is 9.53 Å². The van der Waals surface area contributed by atoms with E-state index in [0.717, 1.165) is 11.3 Å². The number of carbonyl (C=O) groups excluding carboxylic acids is 1. The Morgan fingerprint density at radius 2 is 1.95 bits per heavy atom. The summed E-state index contributed by atoms with van der Waals surface area (Å²) in [5.74, 6) is 0.478. The number of carbonyl (C=O) groups is 1. The molecule has 1 aromatic carbocycles. The Hall–Kier alpha value is -2.29. The summed E-state index contributed by atoms with van der Waals surface area (Å²) in [6.45, 7) is 2.01. The van der Waals surface area contributed by atoms with Crippen LogP contribution in [0.2, 0.25) is 0 Å². The van der Waals surface area contributed by atoms with Gasteiger partial charge in [-0.2, -0.15) is 0 Å². The van der Waals surface area contributed by atoms with Gasteiger partial charge < -0.3 is 10.1 Å². The molecule has 0 fully saturated rings. The molecule has 0 saturated heterocycles. The second-order valence-electron chi connectivity index (χ2n) is 4.36. The van der Waals surface area contributed by atoms with Crippen LogP contribution < -0.4 is 5.32 Å². The van der Waals surface area contributed by atoms with Gasteiger partial charge in [-0.1, -0.05) is 35.9 Å². The van der Waals surface area contributed by atoms with E-state index in [-0.39, 0.29) is 5.91 Å². The van der Waals surface area contributed by atoms with Gasteiger partial charge >= 0.3 is 0 Å². The average Bonchev–Trinajstić information content (AvgIpc) is 2.66. The molecule has 19 heavy (non-hydrogen) atoms. The molecule has 3 heteroatoms. The smallest absolute Gasteiger partial charge is 0.255 e. The number of allylic oxidation sites excluding steroid dienone is 4. The molecule has 0 radical (unpaired) electrons. The largest absolute Gasteiger partial charge is 0.496 e. The number of methoxy groups -OCH3 is 1. The Morgan fingerprint density at radius 1 is 1.21 bits per heavy atom. The van der Waals surface area contributed by atoms with Crippen LogP contribution in [0.3, 0.4) is 0 Å². The van der Waals surface area contributed by atoms with Crippen molar-refractivity contribution in [3.63, 3.8) is 0 Å². The van der Waals surface area contributed by atoms with Crippen LogP contribution in [-0.4, -0.2) is 13.0 Å². The third kappa shape index (κ3) is 3.35. The van der Waals surface area contributed by atoms with E-state index < -0.39 is 0 Å². The first-order valence-electron chi connectivity index (χ1n) is 6.19. The molecule has 0 bridgehead atoms. The second-order valence-corrected chi connectivity index (χ2v) is 4.36. The molecule has 1 aliphatic rings. The van der Waals surface area contributed by atoms with E-state index in [2.05, 4.69) is 5.32 Å². The number of rotatable bonds is 3. The molecule has 0 heterocycles. The SMILES string of the molecule is COC1=C(C(=O)Nc2ccc(C)cc2)CC=CC=C1. The van der Waals surface area contributed by atoms with Crippen molar-refractivity contribution >= 4 is 11.6 Å². The molecule has 1 amide bonds. The van der Waals surface area contributed by atoms with Crippen molar-refractivity contribution in [3.8, 4) is 0 Å². The highest BCUT2D eigenvalue weighted by atomic mass is 16.5. The number of benzene rings is 1. The van der Waals surface area contributed by atoms with Gasteiger partial charge in [0.15, 0.2) is 0 Å². The maximum Gasteiger partial charge on any atom is 0.255 e. The molecule has 0 spiro atoms. The van der Waals surface area contributed by atoms with E-state index in [1.165, 1.54) is 0 Å². The van der Waals surface area contributed by atoms with E-state index in [1.54, 1.807) is 13.2 Å². The lowest BCUT2D eigenvalue weighted by molar-refractivity contribution is -0.113. The average molecular weight is 255 g/mol. The molecule has 0 unspecified atom stereocenters. The predicted octanol–water partition coefficient (Wildman–Crippen LogP) is 3.35. The first-order chi connectivity index (χ1) is 9.20. The number of anilines is 1. The van der Waals surface area contributed by atoms with E-state index in [0.29, 0.717) is 17.8 Å². The molecular weight excluding hydrogens is 238 g/mol. The fraction of sp³-hybridized carbons (Fsp3) is 0.188. The number of hydrogen-bond acceptors (Lipinski definition) is 2. The lowest BCUT2D eigenvalue weighted by atomic mass is 10.1. The molecule has 98 valence electrons. The van der Waals surface area contributed by atoms with Gasteiger partial charge in [0, 0.05) is 5.69 Å². The third-order valence-corrected chi connectivity index (χ3v) is 2.92. The van der Waals surface area contributed by atoms with Crippen LogP contribution in [0.15, 0.2) is 59.9 Å². The van der Waals surface area contributed by atoms with Crippen LogP contribution in [-0.2, 0) is 9.53 Å². The summed E-state index contributed by atoms with van der Waals surface area (Å²) in [7, 11) is 1.57. The van der Waals surface area contributed by atoms with Crippen LogP contribution in [0.1, 0.15) is 12.0 Å². The van der Waals surface area contributed by atoms with Gasteiger partial charge in [-0.05, 0) is 31.6 Å². The normalized spacial score (nSPS) is 14.2. The van der Waals surface area contributed by atoms with E-state index >= 15 is 0 Å². The van der Waals surface area contributed by atoms with Crippen molar-refractivity contribution in [2.24, 2.45) is 0 Å². The summed E-state index contributed by atoms with van der Waals surface area (Å²) < 4.78 is 5.25. The Morgan fingerprint density at radius 3 is 2.63 bits per heavy atom. The van der Waals surface area contributed by atoms with E-state index in [9.17, 15) is 4.79 Å². The highest BCUT2D eigenvalue weighted by Crippen LogP contribution is 2.18. The number of ether oxygens (including phenoxy) is 1. The Kier molecular flexibility index (Phi) is 4.18. The standard InChI is InChI=1S/C16H17NO2/c1-12-8-10-13(11-9-12)17-16(18)14-6-4-3-5-7-15(14)19-2/h3-5,7-11H,6H2,1-2H3,(H,17,18). The number of aryl methyl sites for hydroxylation is 1. The minimum atomic E-state index is -0.128. The highest BCUT2D eigenvalue weighted by Gasteiger charge is 2.14. The fourth-order valence-corrected chi connectivity index (χ4v) is 1.85. The van der Waals surface area contributed by atoms with Crippen molar-refractivity contribution in [2.75, 3.05) is 12.4 Å². The number of nitrogens with one attached hydrogen (secondary N) is 1. The summed E-state index contributed by atoms with van der Waals surface area (Å²) in [4.78, 5) is 12.3. The van der Waals surface area contributed by atoms with Gasteiger partial charge in [0.25, 0.3) is 5.91 Å². The first kappa shape index (κ1) is 13.1. The topological polar surface area (TPSA) is 38.3 Å². The molecule has 0 aromatic heterocycles. The van der Waals surface area contributed by atoms with Gasteiger partial charge in [-0.3, -0.25) is 4.79 Å². The number of amides is 1. The van der Waals surface area contributed by atoms with Crippen LogP contribution in [0.5, 0.6) is 0 Å². The van der Waals surface area contributed by atoms with Crippen LogP contribution in [0.25, 0.3) is 0 Å². The van der Waals surface area contributed by atoms with Gasteiger partial charge in [0.2, 0.25) is 0 Å². The van der Waals surface area contributed by atoms with Crippen LogP contribution in [0, 0.1) is 6.92 Å². The van der Waals surface area contributed by atoms with Crippen molar-refractivity contribution in [1.82, 2.24) is 0 Å². The highest BCUT2D eigenvalue weighted by molar-refractivity contribution is 6.04. The Bertz CT molecular complexity index is 551. The summed E-state index contributed by atoms with van der Waals surface area (Å²) in [6.07, 6.45) is 8.07. The van der Waals surface area contributed by atoms with Gasteiger partial charge in [0.1, 0.15) is 5.76 Å². The quantitative estimate of drug-likeness (QED) is 0.899. The predicted molar refractivity (Wildman–Crippen MR) is 76.7 cm³/mol. The Balaban J connectivity index is 2.18. The molecular formula is C16H17NO2. The summed E-state index contributed by atoms with van der Waals surface area (Å²) in [6, 6.07) is 7.72. The van der Waals surface area contributed by atoms with Crippen molar-refractivity contribution in [3.05, 3.63) is 65.5 Å². The zero-order valence-corrected chi connectivity index (χ0v) is 11.1. The maximum atomic E-state index is 12.3. The van der Waals surface area contributed by atoms with Crippen molar-refractivity contribution in [2.45, 2.75) is 13.3 Å². The Labute approximate surface area is 113 Å². The minimum Gasteiger partial charge on any atom is -0.496 e. The summed E-state index contributed by atoms with van der Waals surface area (Å²) >= 11 is 0. The summed E-state index contributed by atoms with van der Waals surface area (Å²) in [5.41, 5.74) is 2.58. The molecule has 0 atom stereocenters. The first-order valence-corrected chi connectivity index (χ1v) is 6.19. The molecule has 1 N–H and O–H groups in total. The second kappa shape index (κ2) is 6.05. The molecule has 3 nitrogen and oxygen atoms in total. The van der Waals surface area contributed by atoms with Crippen molar-refractivity contribution in [1.29, 1.82) is 0 Å². The molecule has 1 aliphatic carbocycles. The van der Waals surface area contributed by atoms with Gasteiger partial charge in [-0.15, -0.1) is 0 Å². The van der Waals surface area contributed by atoms with Crippen LogP contribution >= 0.6 is 0 Å². The number of hydrogen-bond donors (Lipinski definition) is 1. The maximum absolute atomic E-state index is 12.3. The van der Waals surface area contributed by atoms with Gasteiger partial charge in [0.05, 0.1) is 12.7 Å². The minimum absolute atomic E-state index is 0.128. The zero-order valence-electron chi connectivity index (χ0n) is 11.1. The molecule has 0 aliphatic heterocycles.